The number of hydrogen-bond acceptors (Lipinski definition) is 8. The largest absolute Gasteiger partial charge is 0.478 e. The van der Waals surface area contributed by atoms with Crippen LogP contribution in [0.4, 0.5) is 17.5 Å². The van der Waals surface area contributed by atoms with E-state index in [-0.39, 0.29) is 23.8 Å². The molecule has 1 atom stereocenters. The molecule has 0 radical (unpaired) electrons. The van der Waals surface area contributed by atoms with E-state index in [1.54, 1.807) is 16.8 Å². The number of piperidine rings is 1. The van der Waals surface area contributed by atoms with Gasteiger partial charge in [-0.15, -0.1) is 0 Å². The summed E-state index contributed by atoms with van der Waals surface area (Å²) in [7, 11) is 5.43. The predicted octanol–water partition coefficient (Wildman–Crippen LogP) is 3.50. The molecule has 38 heavy (non-hydrogen) atoms. The first-order valence-corrected chi connectivity index (χ1v) is 13.4. The molecule has 2 N–H and O–H groups in total. The van der Waals surface area contributed by atoms with E-state index in [0.717, 1.165) is 42.5 Å². The minimum Gasteiger partial charge on any atom is -0.478 e. The molecule has 0 bridgehead atoms. The third-order valence-electron chi connectivity index (χ3n) is 6.84. The lowest BCUT2D eigenvalue weighted by Gasteiger charge is -2.32. The molecule has 11 heteroatoms. The summed E-state index contributed by atoms with van der Waals surface area (Å²) in [6.07, 6.45) is 5.13. The van der Waals surface area contributed by atoms with Gasteiger partial charge in [-0.05, 0) is 57.1 Å². The van der Waals surface area contributed by atoms with Crippen LogP contribution in [0.5, 0.6) is 5.75 Å². The van der Waals surface area contributed by atoms with Crippen LogP contribution in [-0.4, -0.2) is 72.7 Å². The van der Waals surface area contributed by atoms with Gasteiger partial charge >= 0.3 is 0 Å². The smallest absolute Gasteiger partial charge is 0.293 e. The molecule has 1 aliphatic rings. The fraction of sp³-hybridized carbons (Fsp3) is 0.481. The number of rotatable bonds is 10. The number of pyridine rings is 1. The van der Waals surface area contributed by atoms with Crippen molar-refractivity contribution in [3.05, 3.63) is 45.8 Å². The summed E-state index contributed by atoms with van der Waals surface area (Å²) in [6, 6.07) is 7.37. The Morgan fingerprint density at radius 1 is 1.29 bits per heavy atom. The molecular weight excluding hydrogens is 506 g/mol. The number of carbonyl (C=O) groups excluding carboxylic acids is 1. The number of benzene rings is 1. The van der Waals surface area contributed by atoms with Crippen LogP contribution in [0.1, 0.15) is 26.2 Å². The number of amides is 1. The Bertz CT molecular complexity index is 1340. The maximum atomic E-state index is 13.2. The van der Waals surface area contributed by atoms with Gasteiger partial charge in [0.05, 0.1) is 11.7 Å². The highest BCUT2D eigenvalue weighted by Gasteiger charge is 2.21. The number of ether oxygens (including phenoxy) is 1. The normalized spacial score (nSPS) is 15.6. The van der Waals surface area contributed by atoms with Crippen LogP contribution in [0.25, 0.3) is 10.9 Å². The third-order valence-corrected chi connectivity index (χ3v) is 7.12. The first-order valence-electron chi connectivity index (χ1n) is 13.0. The second-order valence-electron chi connectivity index (χ2n) is 9.86. The minimum atomic E-state index is -0.312. The lowest BCUT2D eigenvalue weighted by atomic mass is 9.96. The molecule has 204 valence electrons. The molecule has 0 aliphatic carbocycles. The van der Waals surface area contributed by atoms with Crippen LogP contribution >= 0.6 is 11.6 Å². The molecule has 0 saturated carbocycles. The molecule has 1 aromatic carbocycles. The summed E-state index contributed by atoms with van der Waals surface area (Å²) in [6.45, 7) is 4.99. The molecule has 1 saturated heterocycles. The second kappa shape index (κ2) is 12.4. The summed E-state index contributed by atoms with van der Waals surface area (Å²) in [5.41, 5.74) is 1.24. The van der Waals surface area contributed by atoms with Crippen molar-refractivity contribution in [2.45, 2.75) is 32.7 Å². The molecule has 1 aliphatic heterocycles. The molecule has 2 aromatic heterocycles. The lowest BCUT2D eigenvalue weighted by molar-refractivity contribution is -0.122. The van der Waals surface area contributed by atoms with Gasteiger partial charge in [0, 0.05) is 44.3 Å². The molecule has 3 aromatic rings. The quantitative estimate of drug-likeness (QED) is 0.402. The van der Waals surface area contributed by atoms with Gasteiger partial charge in [-0.1, -0.05) is 24.9 Å². The van der Waals surface area contributed by atoms with Crippen molar-refractivity contribution >= 4 is 45.9 Å². The summed E-state index contributed by atoms with van der Waals surface area (Å²) in [5.74, 6) is 1.64. The Labute approximate surface area is 228 Å². The fourth-order valence-electron chi connectivity index (χ4n) is 4.59. The summed E-state index contributed by atoms with van der Waals surface area (Å²) in [5, 5.41) is 7.03. The Kier molecular flexibility index (Phi) is 9.06. The maximum Gasteiger partial charge on any atom is 0.293 e. The SMILES string of the molecule is CC[C@H]1CCCN(c2ncc(Cl)c(Nc3ccc4c(c3)cc(OCC(=O)NC)c(=O)n4CCN(C)C)n2)C1. The molecule has 0 spiro atoms. The Hall–Kier alpha value is -3.37. The van der Waals surface area contributed by atoms with Gasteiger partial charge in [-0.25, -0.2) is 4.98 Å². The van der Waals surface area contributed by atoms with E-state index in [1.807, 2.05) is 37.2 Å². The van der Waals surface area contributed by atoms with E-state index in [9.17, 15) is 9.59 Å². The standard InChI is InChI=1S/C27H36ClN7O3/c1-5-18-7-6-10-34(16-18)27-30-15-21(28)25(32-27)31-20-8-9-22-19(13-20)14-23(38-17-24(36)29-2)26(37)35(22)12-11-33(3)4/h8-9,13-15,18H,5-7,10-12,16-17H2,1-4H3,(H,29,36)(H,30,31,32)/t18-/m0/s1. The van der Waals surface area contributed by atoms with Crippen LogP contribution in [-0.2, 0) is 11.3 Å². The lowest BCUT2D eigenvalue weighted by Crippen LogP contribution is -2.36. The van der Waals surface area contributed by atoms with E-state index in [0.29, 0.717) is 35.8 Å². The average Bonchev–Trinajstić information content (AvgIpc) is 2.92. The highest BCUT2D eigenvalue weighted by Crippen LogP contribution is 2.29. The van der Waals surface area contributed by atoms with Crippen LogP contribution in [0.3, 0.4) is 0 Å². The number of nitrogens with one attached hydrogen (secondary N) is 2. The zero-order valence-electron chi connectivity index (χ0n) is 22.5. The van der Waals surface area contributed by atoms with Crippen molar-refractivity contribution < 1.29 is 9.53 Å². The zero-order valence-corrected chi connectivity index (χ0v) is 23.2. The summed E-state index contributed by atoms with van der Waals surface area (Å²) >= 11 is 6.47. The van der Waals surface area contributed by atoms with Crippen molar-refractivity contribution in [2.75, 3.05) is 57.6 Å². The van der Waals surface area contributed by atoms with Crippen molar-refractivity contribution in [3.63, 3.8) is 0 Å². The molecular formula is C27H36ClN7O3. The number of nitrogens with zero attached hydrogens (tertiary/aromatic N) is 5. The number of aromatic nitrogens is 3. The number of anilines is 3. The third kappa shape index (κ3) is 6.54. The van der Waals surface area contributed by atoms with Crippen LogP contribution < -0.4 is 25.8 Å². The molecule has 3 heterocycles. The van der Waals surface area contributed by atoms with Crippen molar-refractivity contribution in [3.8, 4) is 5.75 Å². The highest BCUT2D eigenvalue weighted by molar-refractivity contribution is 6.32. The van der Waals surface area contributed by atoms with Crippen LogP contribution in [0, 0.1) is 5.92 Å². The van der Waals surface area contributed by atoms with E-state index in [1.165, 1.54) is 13.5 Å². The van der Waals surface area contributed by atoms with Crippen molar-refractivity contribution in [1.29, 1.82) is 0 Å². The van der Waals surface area contributed by atoms with Gasteiger partial charge in [0.15, 0.2) is 18.2 Å². The Morgan fingerprint density at radius 2 is 2.11 bits per heavy atom. The maximum absolute atomic E-state index is 13.2. The van der Waals surface area contributed by atoms with E-state index in [4.69, 9.17) is 21.3 Å². The fourth-order valence-corrected chi connectivity index (χ4v) is 4.73. The number of likely N-dealkylation sites (N-methyl/N-ethyl adjacent to an activating group) is 2. The number of hydrogen-bond donors (Lipinski definition) is 2. The van der Waals surface area contributed by atoms with Gasteiger partial charge in [0.1, 0.15) is 5.02 Å². The zero-order chi connectivity index (χ0) is 27.2. The molecule has 0 unspecified atom stereocenters. The number of halogens is 1. The molecule has 4 rings (SSSR count). The second-order valence-corrected chi connectivity index (χ2v) is 10.3. The van der Waals surface area contributed by atoms with Crippen molar-refractivity contribution in [1.82, 2.24) is 24.8 Å². The monoisotopic (exact) mass is 541 g/mol. The van der Waals surface area contributed by atoms with Crippen LogP contribution in [0.2, 0.25) is 5.02 Å². The average molecular weight is 542 g/mol. The Morgan fingerprint density at radius 3 is 2.84 bits per heavy atom. The Balaban J connectivity index is 1.66. The van der Waals surface area contributed by atoms with E-state index < -0.39 is 0 Å². The topological polar surface area (TPSA) is 105 Å². The summed E-state index contributed by atoms with van der Waals surface area (Å²) < 4.78 is 7.27. The van der Waals surface area contributed by atoms with Gasteiger partial charge < -0.3 is 29.7 Å². The summed E-state index contributed by atoms with van der Waals surface area (Å²) in [4.78, 5) is 38.4. The predicted molar refractivity (Wildman–Crippen MR) is 152 cm³/mol. The molecule has 1 fully saturated rings. The minimum absolute atomic E-state index is 0.120. The van der Waals surface area contributed by atoms with E-state index in [2.05, 4.69) is 27.4 Å². The highest BCUT2D eigenvalue weighted by atomic mass is 35.5. The van der Waals surface area contributed by atoms with Gasteiger partial charge in [0.25, 0.3) is 11.5 Å². The number of carbonyl (C=O) groups is 1. The molecule has 1 amide bonds. The first kappa shape index (κ1) is 27.7. The number of fused-ring (bicyclic) bond motifs is 1. The molecule has 10 nitrogen and oxygen atoms in total. The van der Waals surface area contributed by atoms with Crippen LogP contribution in [0.15, 0.2) is 35.3 Å². The first-order chi connectivity index (χ1) is 18.3. The van der Waals surface area contributed by atoms with Gasteiger partial charge in [-0.2, -0.15) is 4.98 Å². The van der Waals surface area contributed by atoms with Gasteiger partial charge in [-0.3, -0.25) is 9.59 Å². The van der Waals surface area contributed by atoms with E-state index >= 15 is 0 Å². The van der Waals surface area contributed by atoms with Crippen molar-refractivity contribution in [2.24, 2.45) is 5.92 Å². The van der Waals surface area contributed by atoms with Gasteiger partial charge in [0.2, 0.25) is 5.95 Å².